The normalized spacial score (nSPS) is 23.3. The number of hydrogen-bond acceptors (Lipinski definition) is 3. The molecule has 0 saturated carbocycles. The van der Waals surface area contributed by atoms with E-state index in [-0.39, 0.29) is 12.2 Å². The van der Waals surface area contributed by atoms with E-state index >= 15 is 0 Å². The number of aliphatic carboxylic acids is 1. The number of rotatable bonds is 3. The lowest BCUT2D eigenvalue weighted by Gasteiger charge is -2.33. The number of benzene rings is 1. The standard InChI is InChI=1S/C14H10F4O3/c15-10-3-1-2-8(6-10)14(21,12(19)20)9-4-5-13(17,18)11(16)7-9/h1-7,11,21H,(H,19,20)/p-1. The minimum atomic E-state index is -3.81. The fourth-order valence-corrected chi connectivity index (χ4v) is 1.97. The van der Waals surface area contributed by atoms with E-state index in [9.17, 15) is 32.6 Å². The summed E-state index contributed by atoms with van der Waals surface area (Å²) in [5, 5.41) is 21.5. The molecule has 7 heteroatoms. The molecule has 3 nitrogen and oxygen atoms in total. The molecule has 2 rings (SSSR count). The number of hydrogen-bond donors (Lipinski definition) is 1. The van der Waals surface area contributed by atoms with Crippen LogP contribution in [0.3, 0.4) is 0 Å². The zero-order valence-corrected chi connectivity index (χ0v) is 10.4. The number of halogens is 4. The van der Waals surface area contributed by atoms with Crippen molar-refractivity contribution in [2.24, 2.45) is 0 Å². The van der Waals surface area contributed by atoms with Gasteiger partial charge < -0.3 is 15.0 Å². The van der Waals surface area contributed by atoms with Gasteiger partial charge in [-0.15, -0.1) is 0 Å². The van der Waals surface area contributed by atoms with E-state index in [2.05, 4.69) is 0 Å². The Morgan fingerprint density at radius 3 is 2.57 bits per heavy atom. The molecule has 0 heterocycles. The summed E-state index contributed by atoms with van der Waals surface area (Å²) >= 11 is 0. The van der Waals surface area contributed by atoms with Crippen molar-refractivity contribution in [3.8, 4) is 0 Å². The first-order chi connectivity index (χ1) is 9.68. The van der Waals surface area contributed by atoms with Crippen LogP contribution in [0.4, 0.5) is 17.6 Å². The van der Waals surface area contributed by atoms with Crippen molar-refractivity contribution in [1.29, 1.82) is 0 Å². The molecule has 1 N–H and O–H groups in total. The van der Waals surface area contributed by atoms with Crippen LogP contribution in [0.5, 0.6) is 0 Å². The van der Waals surface area contributed by atoms with Gasteiger partial charge in [0.15, 0.2) is 11.8 Å². The molecule has 1 aliphatic rings. The second-order valence-corrected chi connectivity index (χ2v) is 4.54. The third kappa shape index (κ3) is 2.56. The highest BCUT2D eigenvalue weighted by molar-refractivity contribution is 5.83. The van der Waals surface area contributed by atoms with Crippen LogP contribution in [0.1, 0.15) is 5.56 Å². The van der Waals surface area contributed by atoms with Crippen LogP contribution in [0.25, 0.3) is 0 Å². The number of carbonyl (C=O) groups is 1. The van der Waals surface area contributed by atoms with Gasteiger partial charge in [0.2, 0.25) is 0 Å². The lowest BCUT2D eigenvalue weighted by atomic mass is 9.82. The maximum absolute atomic E-state index is 13.3. The Morgan fingerprint density at radius 1 is 1.38 bits per heavy atom. The summed E-state index contributed by atoms with van der Waals surface area (Å²) in [4.78, 5) is 11.2. The third-order valence-corrected chi connectivity index (χ3v) is 3.13. The fourth-order valence-electron chi connectivity index (χ4n) is 1.97. The quantitative estimate of drug-likeness (QED) is 0.854. The van der Waals surface area contributed by atoms with E-state index in [0.717, 1.165) is 18.2 Å². The van der Waals surface area contributed by atoms with E-state index in [1.54, 1.807) is 0 Å². The Bertz CT molecular complexity index is 639. The topological polar surface area (TPSA) is 60.4 Å². The van der Waals surface area contributed by atoms with Gasteiger partial charge in [0.05, 0.1) is 5.97 Å². The van der Waals surface area contributed by atoms with Crippen molar-refractivity contribution in [1.82, 2.24) is 0 Å². The van der Waals surface area contributed by atoms with Crippen LogP contribution in [0, 0.1) is 5.82 Å². The molecule has 1 aliphatic carbocycles. The van der Waals surface area contributed by atoms with Gasteiger partial charge in [-0.25, -0.2) is 8.78 Å². The first-order valence-corrected chi connectivity index (χ1v) is 5.81. The van der Waals surface area contributed by atoms with E-state index in [0.29, 0.717) is 12.1 Å². The molecular weight excluding hydrogens is 292 g/mol. The van der Waals surface area contributed by atoms with Crippen molar-refractivity contribution in [3.63, 3.8) is 0 Å². The van der Waals surface area contributed by atoms with E-state index in [1.807, 2.05) is 0 Å². The second kappa shape index (κ2) is 5.00. The Kier molecular flexibility index (Phi) is 3.63. The number of allylic oxidation sites excluding steroid dienone is 2. The Hall–Kier alpha value is -2.15. The number of carboxylic acids is 1. The van der Waals surface area contributed by atoms with Gasteiger partial charge in [-0.05, 0) is 35.4 Å². The van der Waals surface area contributed by atoms with Crippen molar-refractivity contribution >= 4 is 5.97 Å². The van der Waals surface area contributed by atoms with Crippen LogP contribution >= 0.6 is 0 Å². The largest absolute Gasteiger partial charge is 0.546 e. The summed E-state index contributed by atoms with van der Waals surface area (Å²) in [5.74, 6) is -6.74. The highest BCUT2D eigenvalue weighted by Gasteiger charge is 2.43. The lowest BCUT2D eigenvalue weighted by Crippen LogP contribution is -2.48. The molecule has 0 saturated heterocycles. The minimum Gasteiger partial charge on any atom is -0.546 e. The van der Waals surface area contributed by atoms with Crippen LogP contribution in [-0.2, 0) is 10.4 Å². The van der Waals surface area contributed by atoms with E-state index in [4.69, 9.17) is 0 Å². The molecule has 1 aromatic rings. The van der Waals surface area contributed by atoms with Crippen LogP contribution in [0.15, 0.2) is 48.1 Å². The van der Waals surface area contributed by atoms with Crippen molar-refractivity contribution in [2.45, 2.75) is 17.7 Å². The summed E-state index contributed by atoms with van der Waals surface area (Å²) in [6.45, 7) is 0. The summed E-state index contributed by atoms with van der Waals surface area (Å²) in [6.07, 6.45) is -1.81. The smallest absolute Gasteiger partial charge is 0.300 e. The summed E-state index contributed by atoms with van der Waals surface area (Å²) in [7, 11) is 0. The minimum absolute atomic E-state index is 0.139. The fraction of sp³-hybridized carbons (Fsp3) is 0.214. The Balaban J connectivity index is 2.55. The van der Waals surface area contributed by atoms with Crippen molar-refractivity contribution in [3.05, 3.63) is 59.4 Å². The van der Waals surface area contributed by atoms with Crippen molar-refractivity contribution < 1.29 is 32.6 Å². The first-order valence-electron chi connectivity index (χ1n) is 5.81. The zero-order valence-electron chi connectivity index (χ0n) is 10.4. The average Bonchev–Trinajstić information content (AvgIpc) is 2.40. The van der Waals surface area contributed by atoms with Gasteiger partial charge in [-0.3, -0.25) is 0 Å². The molecule has 21 heavy (non-hydrogen) atoms. The number of carboxylic acid groups (broad SMARTS) is 1. The summed E-state index contributed by atoms with van der Waals surface area (Å²) in [5.41, 5.74) is -4.05. The SMILES string of the molecule is O=C([O-])C(O)(C1=CC(F)C(F)(F)C=C1)c1cccc(F)c1. The summed E-state index contributed by atoms with van der Waals surface area (Å²) in [6, 6.07) is 3.88. The van der Waals surface area contributed by atoms with Crippen LogP contribution in [0.2, 0.25) is 0 Å². The first kappa shape index (κ1) is 15.2. The van der Waals surface area contributed by atoms with Gasteiger partial charge in [-0.1, -0.05) is 18.2 Å². The molecule has 0 bridgehead atoms. The molecule has 0 aromatic heterocycles. The lowest BCUT2D eigenvalue weighted by molar-refractivity contribution is -0.323. The van der Waals surface area contributed by atoms with Crippen LogP contribution in [-0.4, -0.2) is 23.2 Å². The van der Waals surface area contributed by atoms with Gasteiger partial charge in [-0.2, -0.15) is 8.78 Å². The molecule has 0 amide bonds. The van der Waals surface area contributed by atoms with Gasteiger partial charge in [0, 0.05) is 0 Å². The van der Waals surface area contributed by atoms with E-state index in [1.165, 1.54) is 0 Å². The Morgan fingerprint density at radius 2 is 2.05 bits per heavy atom. The molecule has 112 valence electrons. The molecule has 0 aliphatic heterocycles. The average molecular weight is 301 g/mol. The highest BCUT2D eigenvalue weighted by atomic mass is 19.3. The molecule has 2 unspecified atom stereocenters. The van der Waals surface area contributed by atoms with Gasteiger partial charge >= 0.3 is 5.92 Å². The highest BCUT2D eigenvalue weighted by Crippen LogP contribution is 2.37. The molecule has 0 fully saturated rings. The van der Waals surface area contributed by atoms with Gasteiger partial charge in [0.25, 0.3) is 0 Å². The summed E-state index contributed by atoms with van der Waals surface area (Å²) < 4.78 is 52.5. The van der Waals surface area contributed by atoms with Crippen molar-refractivity contribution in [2.75, 3.05) is 0 Å². The third-order valence-electron chi connectivity index (χ3n) is 3.13. The molecule has 0 radical (unpaired) electrons. The monoisotopic (exact) mass is 301 g/mol. The molecular formula is C14H9F4O3-. The zero-order chi connectivity index (χ0) is 15.8. The molecule has 1 aromatic carbocycles. The number of carbonyl (C=O) groups excluding carboxylic acids is 1. The van der Waals surface area contributed by atoms with E-state index < -0.39 is 40.6 Å². The maximum atomic E-state index is 13.3. The van der Waals surface area contributed by atoms with Crippen LogP contribution < -0.4 is 5.11 Å². The second-order valence-electron chi connectivity index (χ2n) is 4.54. The predicted octanol–water partition coefficient (Wildman–Crippen LogP) is 1.23. The maximum Gasteiger partial charge on any atom is 0.300 e. The molecule has 2 atom stereocenters. The molecule has 0 spiro atoms. The predicted molar refractivity (Wildman–Crippen MR) is 62.4 cm³/mol. The Labute approximate surface area is 116 Å². The number of aliphatic hydroxyl groups is 1. The van der Waals surface area contributed by atoms with Gasteiger partial charge in [0.1, 0.15) is 5.82 Å². The number of alkyl halides is 3.